The monoisotopic (exact) mass is 523 g/mol. The first-order valence-corrected chi connectivity index (χ1v) is 11.6. The number of anilines is 1. The number of aromatic amines is 1. The van der Waals surface area contributed by atoms with Gasteiger partial charge in [-0.1, -0.05) is 0 Å². The Morgan fingerprint density at radius 1 is 0.921 bits per heavy atom. The largest absolute Gasteiger partial charge is 0.495 e. The van der Waals surface area contributed by atoms with E-state index in [1.807, 2.05) is 0 Å². The maximum absolute atomic E-state index is 12.5. The van der Waals surface area contributed by atoms with Gasteiger partial charge in [0.25, 0.3) is 0 Å². The van der Waals surface area contributed by atoms with Crippen molar-refractivity contribution in [2.75, 3.05) is 33.8 Å². The molecular formula is C27H29N3O8. The van der Waals surface area contributed by atoms with Crippen LogP contribution in [0.15, 0.2) is 45.7 Å². The lowest BCUT2D eigenvalue weighted by Crippen LogP contribution is -2.27. The van der Waals surface area contributed by atoms with Crippen LogP contribution in [0.3, 0.4) is 0 Å². The van der Waals surface area contributed by atoms with Gasteiger partial charge in [0.2, 0.25) is 11.5 Å². The molecule has 0 aliphatic heterocycles. The van der Waals surface area contributed by atoms with Crippen molar-refractivity contribution >= 4 is 22.9 Å². The van der Waals surface area contributed by atoms with Crippen molar-refractivity contribution in [2.24, 2.45) is 0 Å². The van der Waals surface area contributed by atoms with Crippen LogP contribution >= 0.6 is 0 Å². The fourth-order valence-corrected chi connectivity index (χ4v) is 3.99. The van der Waals surface area contributed by atoms with Gasteiger partial charge in [-0.3, -0.25) is 10.3 Å². The molecule has 0 fully saturated rings. The fourth-order valence-electron chi connectivity index (χ4n) is 3.99. The number of benzene rings is 2. The number of furan rings is 1. The number of fused-ring (bicyclic) bond motifs is 1. The Kier molecular flexibility index (Phi) is 7.20. The van der Waals surface area contributed by atoms with Gasteiger partial charge in [0, 0.05) is 17.3 Å². The Balaban J connectivity index is 1.94. The third-order valence-corrected chi connectivity index (χ3v) is 5.53. The molecule has 0 spiro atoms. The van der Waals surface area contributed by atoms with Crippen molar-refractivity contribution in [1.29, 1.82) is 0 Å². The van der Waals surface area contributed by atoms with Crippen molar-refractivity contribution in [2.45, 2.75) is 26.4 Å². The molecule has 0 radical (unpaired) electrons. The van der Waals surface area contributed by atoms with Crippen molar-refractivity contribution in [3.63, 3.8) is 0 Å². The van der Waals surface area contributed by atoms with Gasteiger partial charge >= 0.3 is 11.8 Å². The van der Waals surface area contributed by atoms with Crippen LogP contribution in [0.25, 0.3) is 33.6 Å². The second-order valence-electron chi connectivity index (χ2n) is 9.19. The summed E-state index contributed by atoms with van der Waals surface area (Å²) in [5, 5.41) is 3.27. The standard InChI is InChI=1S/C27H29N3O8/c1-27(2,3)38-26(32)29-17-10-14(8-9-18(17)33-4)22-21(16-13-28-25(31)30-24(16)37-22)15-11-19(34-5)23(36-7)20(12-15)35-6/h8-13H,1-7H3,(H,29,32)(H,28,30,31). The Hall–Kier alpha value is -4.67. The number of nitrogens with zero attached hydrogens (tertiary/aromatic N) is 1. The molecular weight excluding hydrogens is 494 g/mol. The molecule has 0 atom stereocenters. The molecule has 0 aliphatic rings. The van der Waals surface area contributed by atoms with E-state index >= 15 is 0 Å². The molecule has 38 heavy (non-hydrogen) atoms. The number of carbonyl (C=O) groups is 1. The van der Waals surface area contributed by atoms with Crippen LogP contribution in [0.1, 0.15) is 20.8 Å². The van der Waals surface area contributed by atoms with Gasteiger partial charge in [-0.05, 0) is 56.7 Å². The van der Waals surface area contributed by atoms with E-state index in [2.05, 4.69) is 15.3 Å². The maximum atomic E-state index is 12.5. The Bertz CT molecular complexity index is 1520. The number of amides is 1. The number of rotatable bonds is 7. The lowest BCUT2D eigenvalue weighted by atomic mass is 9.98. The first-order valence-electron chi connectivity index (χ1n) is 11.6. The minimum atomic E-state index is -0.688. The summed E-state index contributed by atoms with van der Waals surface area (Å²) in [5.41, 5.74) is 1.18. The molecule has 0 saturated heterocycles. The van der Waals surface area contributed by atoms with E-state index in [4.69, 9.17) is 28.1 Å². The van der Waals surface area contributed by atoms with Crippen LogP contribution < -0.4 is 30.0 Å². The molecule has 0 aliphatic carbocycles. The number of hydrogen-bond donors (Lipinski definition) is 2. The minimum Gasteiger partial charge on any atom is -0.495 e. The molecule has 4 rings (SSSR count). The molecule has 2 N–H and O–H groups in total. The Morgan fingerprint density at radius 3 is 2.16 bits per heavy atom. The van der Waals surface area contributed by atoms with Crippen LogP contribution in [0.4, 0.5) is 10.5 Å². The Morgan fingerprint density at radius 2 is 1.58 bits per heavy atom. The summed E-state index contributed by atoms with van der Waals surface area (Å²) in [7, 11) is 6.05. The first-order chi connectivity index (χ1) is 18.1. The summed E-state index contributed by atoms with van der Waals surface area (Å²) >= 11 is 0. The molecule has 0 saturated carbocycles. The highest BCUT2D eigenvalue weighted by Crippen LogP contribution is 2.47. The van der Waals surface area contributed by atoms with E-state index in [1.54, 1.807) is 51.1 Å². The van der Waals surface area contributed by atoms with E-state index in [0.29, 0.717) is 56.5 Å². The molecule has 11 nitrogen and oxygen atoms in total. The van der Waals surface area contributed by atoms with E-state index in [0.717, 1.165) is 0 Å². The summed E-state index contributed by atoms with van der Waals surface area (Å²) in [4.78, 5) is 31.0. The summed E-state index contributed by atoms with van der Waals surface area (Å²) in [6.07, 6.45) is 0.791. The minimum absolute atomic E-state index is 0.223. The fraction of sp³-hybridized carbons (Fsp3) is 0.296. The van der Waals surface area contributed by atoms with Crippen LogP contribution in [0, 0.1) is 0 Å². The summed E-state index contributed by atoms with van der Waals surface area (Å²) < 4.78 is 33.5. The highest BCUT2D eigenvalue weighted by molar-refractivity contribution is 6.01. The van der Waals surface area contributed by atoms with Gasteiger partial charge in [0.15, 0.2) is 11.5 Å². The van der Waals surface area contributed by atoms with Crippen molar-refractivity contribution in [3.05, 3.63) is 47.0 Å². The van der Waals surface area contributed by atoms with Gasteiger partial charge in [-0.15, -0.1) is 0 Å². The summed E-state index contributed by atoms with van der Waals surface area (Å²) in [6.45, 7) is 5.31. The second-order valence-corrected chi connectivity index (χ2v) is 9.19. The van der Waals surface area contributed by atoms with Gasteiger partial charge in [0.05, 0.1) is 39.5 Å². The quantitative estimate of drug-likeness (QED) is 0.334. The average molecular weight is 524 g/mol. The number of methoxy groups -OCH3 is 4. The third-order valence-electron chi connectivity index (χ3n) is 5.53. The molecule has 200 valence electrons. The van der Waals surface area contributed by atoms with E-state index in [9.17, 15) is 9.59 Å². The van der Waals surface area contributed by atoms with Crippen molar-refractivity contribution < 1.29 is 32.9 Å². The van der Waals surface area contributed by atoms with Gasteiger partial charge in [-0.2, -0.15) is 0 Å². The van der Waals surface area contributed by atoms with Gasteiger partial charge in [-0.25, -0.2) is 14.6 Å². The zero-order valence-corrected chi connectivity index (χ0v) is 22.2. The predicted molar refractivity (Wildman–Crippen MR) is 142 cm³/mol. The molecule has 2 heterocycles. The molecule has 11 heteroatoms. The molecule has 0 bridgehead atoms. The number of hydrogen-bond acceptors (Lipinski definition) is 9. The van der Waals surface area contributed by atoms with E-state index < -0.39 is 17.4 Å². The second kappa shape index (κ2) is 10.4. The smallest absolute Gasteiger partial charge is 0.412 e. The number of carbonyl (C=O) groups excluding carboxylic acids is 1. The molecule has 1 amide bonds. The lowest BCUT2D eigenvalue weighted by Gasteiger charge is -2.20. The highest BCUT2D eigenvalue weighted by Gasteiger charge is 2.24. The third kappa shape index (κ3) is 5.22. The average Bonchev–Trinajstić information content (AvgIpc) is 3.25. The molecule has 2 aromatic carbocycles. The number of ether oxygens (including phenoxy) is 5. The van der Waals surface area contributed by atoms with Gasteiger partial charge < -0.3 is 28.1 Å². The number of aromatic nitrogens is 2. The normalized spacial score (nSPS) is 11.2. The molecule has 4 aromatic rings. The zero-order chi connectivity index (χ0) is 27.6. The predicted octanol–water partition coefficient (Wildman–Crippen LogP) is 5.23. The Labute approximate surface area is 218 Å². The summed E-state index contributed by atoms with van der Waals surface area (Å²) in [5.74, 6) is 2.10. The topological polar surface area (TPSA) is 134 Å². The highest BCUT2D eigenvalue weighted by atomic mass is 16.6. The van der Waals surface area contributed by atoms with Crippen molar-refractivity contribution in [1.82, 2.24) is 9.97 Å². The maximum Gasteiger partial charge on any atom is 0.412 e. The summed E-state index contributed by atoms with van der Waals surface area (Å²) in [6, 6.07) is 8.68. The van der Waals surface area contributed by atoms with E-state index in [-0.39, 0.29) is 5.71 Å². The lowest BCUT2D eigenvalue weighted by molar-refractivity contribution is 0.0635. The van der Waals surface area contributed by atoms with E-state index in [1.165, 1.54) is 34.6 Å². The molecule has 2 aromatic heterocycles. The van der Waals surface area contributed by atoms with Crippen LogP contribution in [0.5, 0.6) is 23.0 Å². The van der Waals surface area contributed by atoms with Crippen LogP contribution in [0.2, 0.25) is 0 Å². The number of H-pyrrole nitrogens is 1. The van der Waals surface area contributed by atoms with Gasteiger partial charge in [0.1, 0.15) is 17.1 Å². The SMILES string of the molecule is COc1ccc(-c2oc3[nH]c(=O)ncc3c2-c2cc(OC)c(OC)c(OC)c2)cc1NC(=O)OC(C)(C)C. The first kappa shape index (κ1) is 26.4. The van der Waals surface area contributed by atoms with Crippen LogP contribution in [-0.4, -0.2) is 50.1 Å². The van der Waals surface area contributed by atoms with Crippen LogP contribution in [-0.2, 0) is 4.74 Å². The number of nitrogens with one attached hydrogen (secondary N) is 2. The molecule has 0 unspecified atom stereocenters. The zero-order valence-electron chi connectivity index (χ0n) is 22.2. The van der Waals surface area contributed by atoms with Crippen molar-refractivity contribution in [3.8, 4) is 45.4 Å².